The van der Waals surface area contributed by atoms with Gasteiger partial charge in [-0.15, -0.1) is 23.2 Å². The van der Waals surface area contributed by atoms with E-state index in [1.165, 1.54) is 43.4 Å². The zero-order chi connectivity index (χ0) is 55.8. The fourth-order valence-electron chi connectivity index (χ4n) is 7.25. The molecule has 0 aliphatic carbocycles. The number of alkyl halides is 8. The zero-order valence-corrected chi connectivity index (χ0v) is 43.9. The minimum absolute atomic E-state index is 0.0999. The molecule has 0 bridgehead atoms. The molecule has 16 nitrogen and oxygen atoms in total. The number of carbonyl (C=O) groups excluding carboxylic acids is 3. The van der Waals surface area contributed by atoms with Crippen molar-refractivity contribution < 1.29 is 64.4 Å². The molecule has 6 aromatic rings. The minimum atomic E-state index is -4.47. The Kier molecular flexibility index (Phi) is 18.4. The predicted octanol–water partition coefficient (Wildman–Crippen LogP) is 10.3. The molecule has 0 spiro atoms. The molecular weight excluding hydrogens is 1050 g/mol. The maximum atomic E-state index is 13.0. The van der Waals surface area contributed by atoms with Crippen LogP contribution in [0.1, 0.15) is 43.0 Å². The summed E-state index contributed by atoms with van der Waals surface area (Å²) < 4.78 is 108. The number of ether oxygens (including phenoxy) is 5. The fourth-order valence-corrected chi connectivity index (χ4v) is 7.25. The van der Waals surface area contributed by atoms with Gasteiger partial charge in [0.25, 0.3) is 0 Å². The molecule has 3 amide bonds. The molecule has 3 N–H and O–H groups in total. The molecule has 2 aliphatic heterocycles. The van der Waals surface area contributed by atoms with Crippen molar-refractivity contribution in [2.45, 2.75) is 62.9 Å². The number of nitrogens with two attached hydrogens (primary N) is 1. The van der Waals surface area contributed by atoms with Gasteiger partial charge in [-0.2, -0.15) is 36.5 Å². The lowest BCUT2D eigenvalue weighted by Gasteiger charge is -2.42. The molecule has 0 atom stereocenters. The number of benzene rings is 4. The van der Waals surface area contributed by atoms with Gasteiger partial charge in [0.1, 0.15) is 35.7 Å². The first-order chi connectivity index (χ1) is 35.6. The van der Waals surface area contributed by atoms with Gasteiger partial charge in [-0.25, -0.2) is 14.2 Å². The minimum Gasteiger partial charge on any atom is -0.444 e. The van der Waals surface area contributed by atoms with Crippen LogP contribution in [0.4, 0.5) is 31.1 Å². The van der Waals surface area contributed by atoms with Crippen LogP contribution in [0.2, 0.25) is 0 Å². The number of alkyl carbamates (subject to hydrolysis) is 1. The average molecular weight is 1110 g/mol. The van der Waals surface area contributed by atoms with Crippen LogP contribution in [0.5, 0.6) is 23.3 Å². The van der Waals surface area contributed by atoms with Crippen molar-refractivity contribution in [3.63, 3.8) is 0 Å². The van der Waals surface area contributed by atoms with Crippen LogP contribution in [0.25, 0.3) is 22.5 Å². The molecule has 2 fully saturated rings. The number of halogens is 8. The number of hydrogen-bond donors (Lipinski definition) is 2. The number of carbonyl (C=O) groups is 3. The van der Waals surface area contributed by atoms with E-state index in [4.69, 9.17) is 52.6 Å². The zero-order valence-electron chi connectivity index (χ0n) is 42.4. The average Bonchev–Trinajstić information content (AvgIpc) is 3.91. The Morgan fingerprint density at radius 2 is 1.04 bits per heavy atom. The molecular formula is C52H56Cl2F6N8O8. The van der Waals surface area contributed by atoms with E-state index >= 15 is 0 Å². The second-order valence-corrected chi connectivity index (χ2v) is 19.8. The third-order valence-electron chi connectivity index (χ3n) is 11.5. The number of nitrogens with zero attached hydrogens (tertiary/aromatic N) is 6. The Balaban J connectivity index is 0.000000238. The van der Waals surface area contributed by atoms with E-state index in [2.05, 4.69) is 15.5 Å². The van der Waals surface area contributed by atoms with E-state index in [-0.39, 0.29) is 66.7 Å². The van der Waals surface area contributed by atoms with Crippen molar-refractivity contribution in [1.29, 1.82) is 0 Å². The first kappa shape index (κ1) is 58.4. The van der Waals surface area contributed by atoms with Gasteiger partial charge in [-0.3, -0.25) is 9.59 Å². The van der Waals surface area contributed by atoms with Crippen molar-refractivity contribution in [3.05, 3.63) is 131 Å². The third-order valence-corrected chi connectivity index (χ3v) is 11.5. The molecule has 76 heavy (non-hydrogen) atoms. The van der Waals surface area contributed by atoms with Crippen LogP contribution in [-0.2, 0) is 60.3 Å². The topological polar surface area (TPSA) is 178 Å². The first-order valence-electron chi connectivity index (χ1n) is 23.2. The van der Waals surface area contributed by atoms with Gasteiger partial charge in [-0.05, 0) is 92.6 Å². The highest BCUT2D eigenvalue weighted by atomic mass is 35.5. The Hall–Kier alpha value is -6.85. The Labute approximate surface area is 444 Å². The van der Waals surface area contributed by atoms with Crippen LogP contribution in [-0.4, -0.2) is 113 Å². The molecule has 0 unspecified atom stereocenters. The normalized spacial score (nSPS) is 14.5. The second kappa shape index (κ2) is 24.0. The summed E-state index contributed by atoms with van der Waals surface area (Å²) in [6.45, 7) is 6.43. The molecule has 0 radical (unpaired) electrons. The van der Waals surface area contributed by atoms with Gasteiger partial charge in [-0.1, -0.05) is 36.4 Å². The van der Waals surface area contributed by atoms with Gasteiger partial charge in [0, 0.05) is 51.5 Å². The van der Waals surface area contributed by atoms with Crippen molar-refractivity contribution >= 4 is 41.1 Å². The largest absolute Gasteiger partial charge is 0.444 e. The summed E-state index contributed by atoms with van der Waals surface area (Å²) in [6, 6.07) is 26.7. The third kappa shape index (κ3) is 15.2. The van der Waals surface area contributed by atoms with E-state index in [9.17, 15) is 40.7 Å². The van der Waals surface area contributed by atoms with Crippen molar-refractivity contribution in [2.24, 2.45) is 5.73 Å². The number of amides is 3. The van der Waals surface area contributed by atoms with E-state index in [0.717, 1.165) is 41.0 Å². The quantitative estimate of drug-likeness (QED) is 0.0831. The molecule has 4 aromatic carbocycles. The standard InChI is InChI=1S/C28H31F3N4O5.C23H23F3N4O3.CH2Cl2/c1-26(2,3)40-25(37)32-27(16-38-17-27)20-8-6-7-18(13-20)22-14-24(35(33-22)15-23(36)34(4)5)39-21-11-9-19(10-12-21)28(29,30)31;1-29(2)20(31)12-30-21(33-18-8-6-16(7-9-18)23(24,25)26)11-19(28-30)15-4-3-5-17(10-15)22(27)13-32-14-22;2-1-3/h6-14H,15-17H2,1-5H3,(H,32,37);3-11H,12-14,27H2,1-2H3;1H2. The molecule has 2 aliphatic rings. The number of likely N-dealkylation sites (N-methyl/N-ethyl adjacent to an activating group) is 2. The van der Waals surface area contributed by atoms with Gasteiger partial charge >= 0.3 is 18.4 Å². The maximum absolute atomic E-state index is 13.0. The van der Waals surface area contributed by atoms with Gasteiger partial charge in [0.2, 0.25) is 23.6 Å². The number of rotatable bonds is 13. The van der Waals surface area contributed by atoms with Crippen LogP contribution in [0.3, 0.4) is 0 Å². The maximum Gasteiger partial charge on any atom is 0.416 e. The van der Waals surface area contributed by atoms with Crippen molar-refractivity contribution in [3.8, 4) is 45.8 Å². The fraction of sp³-hybridized carbons (Fsp3) is 0.365. The second-order valence-electron chi connectivity index (χ2n) is 19.0. The molecule has 0 saturated carbocycles. The Bertz CT molecular complexity index is 2950. The highest BCUT2D eigenvalue weighted by molar-refractivity contribution is 6.40. The highest BCUT2D eigenvalue weighted by Crippen LogP contribution is 2.37. The molecule has 2 aromatic heterocycles. The summed E-state index contributed by atoms with van der Waals surface area (Å²) in [5.41, 5.74) is 6.84. The van der Waals surface area contributed by atoms with Gasteiger partial charge < -0.3 is 44.5 Å². The Morgan fingerprint density at radius 1 is 0.645 bits per heavy atom. The SMILES string of the molecule is CN(C)C(=O)Cn1nc(-c2cccc(C3(N)COC3)c2)cc1Oc1ccc(C(F)(F)F)cc1.CN(C)C(=O)Cn1nc(-c2cccc(C3(NC(=O)OC(C)(C)C)COC3)c2)cc1Oc1ccc(C(F)(F)F)cc1.ClCCl. The summed E-state index contributed by atoms with van der Waals surface area (Å²) >= 11 is 9.53. The van der Waals surface area contributed by atoms with Crippen LogP contribution in [0, 0.1) is 0 Å². The molecule has 8 rings (SSSR count). The van der Waals surface area contributed by atoms with E-state index in [0.29, 0.717) is 30.2 Å². The van der Waals surface area contributed by atoms with E-state index in [1.807, 2.05) is 48.5 Å². The van der Waals surface area contributed by atoms with Crippen LogP contribution in [0.15, 0.2) is 109 Å². The van der Waals surface area contributed by atoms with Crippen molar-refractivity contribution in [2.75, 3.05) is 60.0 Å². The lowest BCUT2D eigenvalue weighted by molar-refractivity contribution is -0.138. The Morgan fingerprint density at radius 3 is 1.38 bits per heavy atom. The summed E-state index contributed by atoms with van der Waals surface area (Å²) in [4.78, 5) is 40.1. The van der Waals surface area contributed by atoms with Crippen LogP contribution >= 0.6 is 23.2 Å². The van der Waals surface area contributed by atoms with Gasteiger partial charge in [0.05, 0.1) is 59.8 Å². The monoisotopic (exact) mass is 1100 g/mol. The smallest absolute Gasteiger partial charge is 0.416 e. The first-order valence-corrected chi connectivity index (χ1v) is 24.2. The predicted molar refractivity (Wildman–Crippen MR) is 271 cm³/mol. The van der Waals surface area contributed by atoms with E-state index < -0.39 is 46.3 Å². The van der Waals surface area contributed by atoms with Crippen molar-refractivity contribution in [1.82, 2.24) is 34.7 Å². The van der Waals surface area contributed by atoms with Gasteiger partial charge in [0.15, 0.2) is 0 Å². The molecule has 2 saturated heterocycles. The number of nitrogens with one attached hydrogen (secondary N) is 1. The lowest BCUT2D eigenvalue weighted by Crippen LogP contribution is -2.60. The highest BCUT2D eigenvalue weighted by Gasteiger charge is 2.43. The summed E-state index contributed by atoms with van der Waals surface area (Å²) in [7, 11) is 6.44. The number of hydrogen-bond acceptors (Lipinski definition) is 11. The molecule has 408 valence electrons. The molecule has 24 heteroatoms. The lowest BCUT2D eigenvalue weighted by atomic mass is 9.87. The van der Waals surface area contributed by atoms with Crippen LogP contribution < -0.4 is 20.5 Å². The summed E-state index contributed by atoms with van der Waals surface area (Å²) in [5, 5.41) is 12.2. The number of aromatic nitrogens is 4. The summed E-state index contributed by atoms with van der Waals surface area (Å²) in [5.74, 6) is 0.257. The molecule has 4 heterocycles. The van der Waals surface area contributed by atoms with E-state index in [1.54, 1.807) is 61.1 Å². The summed E-state index contributed by atoms with van der Waals surface area (Å²) in [6.07, 6.45) is -9.49.